The Morgan fingerprint density at radius 3 is 2.79 bits per heavy atom. The van der Waals surface area contributed by atoms with Crippen molar-refractivity contribution in [2.75, 3.05) is 0 Å². The van der Waals surface area contributed by atoms with Gasteiger partial charge in [-0.25, -0.2) is 0 Å². The molecule has 1 heterocycles. The lowest BCUT2D eigenvalue weighted by Gasteiger charge is -2.44. The number of carbonyl (C=O) groups is 2. The molecule has 0 aromatic carbocycles. The first-order valence-electron chi connectivity index (χ1n) is 9.09. The van der Waals surface area contributed by atoms with E-state index in [2.05, 4.69) is 6.58 Å². The van der Waals surface area contributed by atoms with E-state index in [0.717, 1.165) is 25.7 Å². The fourth-order valence-corrected chi connectivity index (χ4v) is 7.66. The zero-order chi connectivity index (χ0) is 17.1. The number of carboxylic acid groups (broad SMARTS) is 1. The van der Waals surface area contributed by atoms with E-state index in [1.807, 2.05) is 0 Å². The fraction of sp³-hybridized carbons (Fsp3) is 0.789. The Morgan fingerprint density at radius 2 is 2.08 bits per heavy atom. The molecular formula is C19H24O5. The molecule has 4 saturated carbocycles. The Morgan fingerprint density at radius 1 is 1.33 bits per heavy atom. The lowest BCUT2D eigenvalue weighted by molar-refractivity contribution is -0.162. The van der Waals surface area contributed by atoms with Crippen LogP contribution >= 0.6 is 0 Å². The fourth-order valence-electron chi connectivity index (χ4n) is 7.66. The van der Waals surface area contributed by atoms with Crippen LogP contribution in [0.2, 0.25) is 0 Å². The van der Waals surface area contributed by atoms with Crippen molar-refractivity contribution in [1.82, 2.24) is 0 Å². The normalized spacial score (nSPS) is 57.5. The molecular weight excluding hydrogens is 308 g/mol. The predicted octanol–water partition coefficient (Wildman–Crippen LogP) is 2.14. The molecule has 5 heteroatoms. The van der Waals surface area contributed by atoms with E-state index in [1.165, 1.54) is 5.57 Å². The van der Waals surface area contributed by atoms with Gasteiger partial charge in [-0.1, -0.05) is 12.2 Å². The van der Waals surface area contributed by atoms with Crippen LogP contribution in [0.25, 0.3) is 0 Å². The van der Waals surface area contributed by atoms with Crippen LogP contribution in [0.5, 0.6) is 0 Å². The summed E-state index contributed by atoms with van der Waals surface area (Å²) < 4.78 is 6.01. The van der Waals surface area contributed by atoms with Crippen LogP contribution in [0.15, 0.2) is 12.2 Å². The van der Waals surface area contributed by atoms with Crippen molar-refractivity contribution >= 4 is 11.9 Å². The quantitative estimate of drug-likeness (QED) is 0.568. The maximum atomic E-state index is 12.7. The highest BCUT2D eigenvalue weighted by Gasteiger charge is 2.83. The summed E-state index contributed by atoms with van der Waals surface area (Å²) in [5, 5.41) is 20.8. The maximum absolute atomic E-state index is 12.7. The van der Waals surface area contributed by atoms with Crippen LogP contribution in [0.3, 0.4) is 0 Å². The molecule has 1 saturated heterocycles. The van der Waals surface area contributed by atoms with Gasteiger partial charge in [0.1, 0.15) is 5.60 Å². The number of aliphatic carboxylic acids is 1. The first-order chi connectivity index (χ1) is 11.3. The SMILES string of the molecule is C=C1C[C@]23C[C@H]1CC[C@H]2[C@@]12CC[C@H](O)[C@](C)(C(=O)O1)[C@H]2[C@@H]3C(=O)O. The molecule has 2 N–H and O–H groups in total. The van der Waals surface area contributed by atoms with Crippen molar-refractivity contribution in [2.24, 2.45) is 34.5 Å². The molecule has 24 heavy (non-hydrogen) atoms. The van der Waals surface area contributed by atoms with Gasteiger partial charge in [0.25, 0.3) is 0 Å². The third kappa shape index (κ3) is 1.29. The van der Waals surface area contributed by atoms with Crippen LogP contribution in [0.4, 0.5) is 0 Å². The number of ether oxygens (including phenoxy) is 1. The number of fused-ring (bicyclic) bond motifs is 1. The monoisotopic (exact) mass is 332 g/mol. The summed E-state index contributed by atoms with van der Waals surface area (Å²) in [4.78, 5) is 25.1. The molecule has 1 aliphatic heterocycles. The molecule has 4 bridgehead atoms. The van der Waals surface area contributed by atoms with Gasteiger partial charge in [-0.2, -0.15) is 0 Å². The third-order valence-electron chi connectivity index (χ3n) is 8.46. The highest BCUT2D eigenvalue weighted by atomic mass is 16.6. The van der Waals surface area contributed by atoms with Gasteiger partial charge in [0.15, 0.2) is 0 Å². The zero-order valence-electron chi connectivity index (χ0n) is 14.0. The van der Waals surface area contributed by atoms with E-state index in [9.17, 15) is 19.8 Å². The van der Waals surface area contributed by atoms with Gasteiger partial charge in [-0.15, -0.1) is 0 Å². The lowest BCUT2D eigenvalue weighted by atomic mass is 9.59. The van der Waals surface area contributed by atoms with E-state index >= 15 is 0 Å². The van der Waals surface area contributed by atoms with E-state index in [-0.39, 0.29) is 11.3 Å². The third-order valence-corrected chi connectivity index (χ3v) is 8.46. The molecule has 5 nitrogen and oxygen atoms in total. The molecule has 1 spiro atoms. The molecule has 130 valence electrons. The lowest BCUT2D eigenvalue weighted by Crippen LogP contribution is -2.53. The van der Waals surface area contributed by atoms with Crippen molar-refractivity contribution in [3.8, 4) is 0 Å². The van der Waals surface area contributed by atoms with Crippen LogP contribution in [-0.4, -0.2) is 33.9 Å². The van der Waals surface area contributed by atoms with Crippen LogP contribution in [0, 0.1) is 34.5 Å². The Labute approximate surface area is 141 Å². The topological polar surface area (TPSA) is 83.8 Å². The number of aliphatic hydroxyl groups is 1. The van der Waals surface area contributed by atoms with Gasteiger partial charge >= 0.3 is 11.9 Å². The number of hydrogen-bond donors (Lipinski definition) is 2. The van der Waals surface area contributed by atoms with Crippen molar-refractivity contribution in [3.05, 3.63) is 12.2 Å². The second-order valence-corrected chi connectivity index (χ2v) is 9.07. The summed E-state index contributed by atoms with van der Waals surface area (Å²) in [7, 11) is 0. The van der Waals surface area contributed by atoms with Crippen molar-refractivity contribution in [1.29, 1.82) is 0 Å². The Bertz CT molecular complexity index is 685. The minimum absolute atomic E-state index is 0.0878. The average molecular weight is 332 g/mol. The molecule has 0 amide bonds. The summed E-state index contributed by atoms with van der Waals surface area (Å²) in [6, 6.07) is 0. The number of esters is 1. The summed E-state index contributed by atoms with van der Waals surface area (Å²) in [5.41, 5.74) is -0.953. The van der Waals surface area contributed by atoms with Gasteiger partial charge in [-0.05, 0) is 56.8 Å². The number of rotatable bonds is 1. The molecule has 0 aromatic heterocycles. The second-order valence-electron chi connectivity index (χ2n) is 9.07. The van der Waals surface area contributed by atoms with E-state index < -0.39 is 40.9 Å². The molecule has 5 rings (SSSR count). The highest BCUT2D eigenvalue weighted by molar-refractivity contribution is 5.85. The summed E-state index contributed by atoms with van der Waals surface area (Å²) in [5.74, 6) is -1.78. The Hall–Kier alpha value is -1.36. The molecule has 0 aromatic rings. The predicted molar refractivity (Wildman–Crippen MR) is 83.8 cm³/mol. The average Bonchev–Trinajstić information content (AvgIpc) is 2.98. The molecule has 0 radical (unpaired) electrons. The summed E-state index contributed by atoms with van der Waals surface area (Å²) >= 11 is 0. The summed E-state index contributed by atoms with van der Waals surface area (Å²) in [6.45, 7) is 5.95. The molecule has 4 aliphatic carbocycles. The highest BCUT2D eigenvalue weighted by Crippen LogP contribution is 2.77. The largest absolute Gasteiger partial charge is 0.481 e. The van der Waals surface area contributed by atoms with Crippen molar-refractivity contribution < 1.29 is 24.5 Å². The van der Waals surface area contributed by atoms with Gasteiger partial charge in [0.2, 0.25) is 0 Å². The molecule has 5 fully saturated rings. The van der Waals surface area contributed by atoms with Crippen LogP contribution < -0.4 is 0 Å². The van der Waals surface area contributed by atoms with Gasteiger partial charge in [0, 0.05) is 11.8 Å². The zero-order valence-corrected chi connectivity index (χ0v) is 14.0. The van der Waals surface area contributed by atoms with Crippen molar-refractivity contribution in [3.63, 3.8) is 0 Å². The van der Waals surface area contributed by atoms with Crippen LogP contribution in [-0.2, 0) is 14.3 Å². The van der Waals surface area contributed by atoms with E-state index in [4.69, 9.17) is 4.74 Å². The van der Waals surface area contributed by atoms with Crippen LogP contribution in [0.1, 0.15) is 45.4 Å². The minimum atomic E-state index is -1.09. The number of aliphatic hydroxyl groups excluding tert-OH is 1. The molecule has 8 atom stereocenters. The Kier molecular flexibility index (Phi) is 2.53. The van der Waals surface area contributed by atoms with Gasteiger partial charge in [0.05, 0.1) is 17.4 Å². The standard InChI is InChI=1S/C19H24O5/c1-9-7-18-8-10(9)3-4-11(18)19-6-5-12(20)17(2,16(23)24-19)14(19)13(18)15(21)22/h10-14,20H,1,3-8H2,2H3,(H,21,22)/t10-,11-,12+,13-,14-,17+,18+,19-/m1/s1. The number of hydrogen-bond acceptors (Lipinski definition) is 4. The number of carboxylic acids is 1. The first-order valence-corrected chi connectivity index (χ1v) is 9.09. The number of allylic oxidation sites excluding steroid dienone is 1. The summed E-state index contributed by atoms with van der Waals surface area (Å²) in [6.07, 6.45) is 3.81. The number of carbonyl (C=O) groups excluding carboxylic acids is 1. The minimum Gasteiger partial charge on any atom is -0.481 e. The Balaban J connectivity index is 1.76. The van der Waals surface area contributed by atoms with Gasteiger partial charge < -0.3 is 14.9 Å². The van der Waals surface area contributed by atoms with E-state index in [0.29, 0.717) is 18.8 Å². The smallest absolute Gasteiger partial charge is 0.315 e. The molecule has 5 aliphatic rings. The van der Waals surface area contributed by atoms with Gasteiger partial charge in [-0.3, -0.25) is 9.59 Å². The second kappa shape index (κ2) is 4.06. The van der Waals surface area contributed by atoms with Crippen molar-refractivity contribution in [2.45, 2.75) is 57.2 Å². The molecule has 0 unspecified atom stereocenters. The van der Waals surface area contributed by atoms with E-state index in [1.54, 1.807) is 6.92 Å². The maximum Gasteiger partial charge on any atom is 0.315 e. The first kappa shape index (κ1) is 14.9.